The molecule has 2 N–H and O–H groups in total. The minimum atomic E-state index is -0.836. The molecule has 13 heavy (non-hydrogen) atoms. The summed E-state index contributed by atoms with van der Waals surface area (Å²) in [6.45, 7) is 8.73. The molecule has 0 bridgehead atoms. The Kier molecular flexibility index (Phi) is 6.29. The fourth-order valence-corrected chi connectivity index (χ4v) is 0.977. The number of aliphatic hydroxyl groups is 1. The van der Waals surface area contributed by atoms with Crippen LogP contribution in [0.2, 0.25) is 0 Å². The predicted octanol–water partition coefficient (Wildman–Crippen LogP) is 1.86. The maximum Gasteiger partial charge on any atom is 0.214 e. The molecule has 0 spiro atoms. The highest BCUT2D eigenvalue weighted by molar-refractivity contribution is 4.59. The normalized spacial score (nSPS) is 14.5. The first kappa shape index (κ1) is 12.9. The van der Waals surface area contributed by atoms with Crippen molar-refractivity contribution in [1.82, 2.24) is 5.32 Å². The SMILES string of the molecule is CCCCCNC(O)OC(C)(C)C. The Bertz CT molecular complexity index is 121. The molecule has 0 aliphatic rings. The topological polar surface area (TPSA) is 41.5 Å². The molecule has 0 saturated heterocycles. The summed E-state index contributed by atoms with van der Waals surface area (Å²) in [5, 5.41) is 12.3. The molecule has 0 radical (unpaired) electrons. The van der Waals surface area contributed by atoms with Gasteiger partial charge in [0.25, 0.3) is 0 Å². The molecule has 0 amide bonds. The summed E-state index contributed by atoms with van der Waals surface area (Å²) in [7, 11) is 0. The van der Waals surface area contributed by atoms with Crippen LogP contribution >= 0.6 is 0 Å². The summed E-state index contributed by atoms with van der Waals surface area (Å²) < 4.78 is 5.26. The molecule has 0 aromatic rings. The van der Waals surface area contributed by atoms with E-state index in [1.165, 1.54) is 12.8 Å². The van der Waals surface area contributed by atoms with Gasteiger partial charge in [0.2, 0.25) is 6.41 Å². The number of rotatable bonds is 6. The second-order valence-electron chi connectivity index (χ2n) is 4.24. The molecule has 3 heteroatoms. The first-order valence-electron chi connectivity index (χ1n) is 5.05. The van der Waals surface area contributed by atoms with E-state index in [1.54, 1.807) is 0 Å². The van der Waals surface area contributed by atoms with Crippen LogP contribution in [-0.4, -0.2) is 23.7 Å². The zero-order chi connectivity index (χ0) is 10.3. The van der Waals surface area contributed by atoms with E-state index in [-0.39, 0.29) is 5.60 Å². The highest BCUT2D eigenvalue weighted by Gasteiger charge is 2.15. The summed E-state index contributed by atoms with van der Waals surface area (Å²) in [6.07, 6.45) is 2.63. The Morgan fingerprint density at radius 3 is 2.38 bits per heavy atom. The van der Waals surface area contributed by atoms with Gasteiger partial charge in [0.05, 0.1) is 5.60 Å². The Labute approximate surface area is 81.5 Å². The minimum absolute atomic E-state index is 0.294. The molecule has 0 fully saturated rings. The molecule has 1 unspecified atom stereocenters. The largest absolute Gasteiger partial charge is 0.356 e. The maximum absolute atomic E-state index is 9.35. The van der Waals surface area contributed by atoms with Gasteiger partial charge in [-0.25, -0.2) is 0 Å². The molecule has 0 rings (SSSR count). The quantitative estimate of drug-likeness (QED) is 0.495. The van der Waals surface area contributed by atoms with Crippen molar-refractivity contribution in [2.75, 3.05) is 6.54 Å². The Balaban J connectivity index is 3.35. The Morgan fingerprint density at radius 2 is 1.92 bits per heavy atom. The fraction of sp³-hybridized carbons (Fsp3) is 1.00. The molecule has 0 aliphatic carbocycles. The predicted molar refractivity (Wildman–Crippen MR) is 54.4 cm³/mol. The number of aliphatic hydroxyl groups excluding tert-OH is 1. The zero-order valence-corrected chi connectivity index (χ0v) is 9.26. The van der Waals surface area contributed by atoms with Crippen LogP contribution in [0.25, 0.3) is 0 Å². The summed E-state index contributed by atoms with van der Waals surface area (Å²) >= 11 is 0. The van der Waals surface area contributed by atoms with Crippen LogP contribution in [0.5, 0.6) is 0 Å². The third-order valence-electron chi connectivity index (χ3n) is 1.56. The second-order valence-corrected chi connectivity index (χ2v) is 4.24. The number of nitrogens with one attached hydrogen (secondary N) is 1. The van der Waals surface area contributed by atoms with E-state index in [4.69, 9.17) is 4.74 Å². The zero-order valence-electron chi connectivity index (χ0n) is 9.26. The van der Waals surface area contributed by atoms with E-state index < -0.39 is 6.41 Å². The van der Waals surface area contributed by atoms with Crippen LogP contribution in [0.4, 0.5) is 0 Å². The van der Waals surface area contributed by atoms with Crippen LogP contribution in [0.15, 0.2) is 0 Å². The van der Waals surface area contributed by atoms with Gasteiger partial charge in [-0.15, -0.1) is 0 Å². The van der Waals surface area contributed by atoms with E-state index in [2.05, 4.69) is 12.2 Å². The smallest absolute Gasteiger partial charge is 0.214 e. The van der Waals surface area contributed by atoms with Crippen molar-refractivity contribution in [3.63, 3.8) is 0 Å². The van der Waals surface area contributed by atoms with Gasteiger partial charge in [-0.3, -0.25) is 5.32 Å². The number of hydrogen-bond acceptors (Lipinski definition) is 3. The summed E-state index contributed by atoms with van der Waals surface area (Å²) in [5.41, 5.74) is -0.294. The van der Waals surface area contributed by atoms with Crippen molar-refractivity contribution in [2.24, 2.45) is 0 Å². The molecule has 0 aromatic heterocycles. The van der Waals surface area contributed by atoms with Crippen LogP contribution in [0.3, 0.4) is 0 Å². The van der Waals surface area contributed by atoms with Gasteiger partial charge in [-0.1, -0.05) is 19.8 Å². The summed E-state index contributed by atoms with van der Waals surface area (Å²) in [6, 6.07) is 0. The van der Waals surface area contributed by atoms with Gasteiger partial charge in [-0.2, -0.15) is 0 Å². The molecular formula is C10H23NO2. The molecular weight excluding hydrogens is 166 g/mol. The lowest BCUT2D eigenvalue weighted by molar-refractivity contribution is -0.181. The van der Waals surface area contributed by atoms with E-state index in [1.807, 2.05) is 20.8 Å². The van der Waals surface area contributed by atoms with Crippen LogP contribution in [0.1, 0.15) is 47.0 Å². The molecule has 0 saturated carbocycles. The van der Waals surface area contributed by atoms with Crippen LogP contribution < -0.4 is 5.32 Å². The van der Waals surface area contributed by atoms with Gasteiger partial charge in [0.15, 0.2) is 0 Å². The Hall–Kier alpha value is -0.120. The first-order chi connectivity index (χ1) is 5.95. The van der Waals surface area contributed by atoms with Crippen LogP contribution in [0, 0.1) is 0 Å². The van der Waals surface area contributed by atoms with E-state index in [9.17, 15) is 5.11 Å². The van der Waals surface area contributed by atoms with Gasteiger partial charge in [0.1, 0.15) is 0 Å². The average molecular weight is 189 g/mol. The number of ether oxygens (including phenoxy) is 1. The number of hydrogen-bond donors (Lipinski definition) is 2. The standard InChI is InChI=1S/C10H23NO2/c1-5-6-7-8-11-9(12)13-10(2,3)4/h9,11-12H,5-8H2,1-4H3. The van der Waals surface area contributed by atoms with Gasteiger partial charge in [0, 0.05) is 0 Å². The maximum atomic E-state index is 9.35. The first-order valence-corrected chi connectivity index (χ1v) is 5.05. The van der Waals surface area contributed by atoms with Crippen LogP contribution in [-0.2, 0) is 4.74 Å². The summed E-state index contributed by atoms with van der Waals surface area (Å²) in [4.78, 5) is 0. The Morgan fingerprint density at radius 1 is 1.31 bits per heavy atom. The molecule has 0 aromatic carbocycles. The summed E-state index contributed by atoms with van der Waals surface area (Å²) in [5.74, 6) is 0. The highest BCUT2D eigenvalue weighted by atomic mass is 16.6. The second kappa shape index (κ2) is 6.35. The molecule has 0 heterocycles. The fourth-order valence-electron chi connectivity index (χ4n) is 0.977. The lowest BCUT2D eigenvalue weighted by Gasteiger charge is -2.24. The monoisotopic (exact) mass is 189 g/mol. The van der Waals surface area contributed by atoms with Gasteiger partial charge >= 0.3 is 0 Å². The van der Waals surface area contributed by atoms with E-state index in [0.717, 1.165) is 13.0 Å². The molecule has 80 valence electrons. The molecule has 0 aliphatic heterocycles. The number of unbranched alkanes of at least 4 members (excludes halogenated alkanes) is 2. The van der Waals surface area contributed by atoms with Gasteiger partial charge in [-0.05, 0) is 33.7 Å². The molecule has 3 nitrogen and oxygen atoms in total. The highest BCUT2D eigenvalue weighted by Crippen LogP contribution is 2.07. The van der Waals surface area contributed by atoms with E-state index in [0.29, 0.717) is 0 Å². The third-order valence-corrected chi connectivity index (χ3v) is 1.56. The minimum Gasteiger partial charge on any atom is -0.356 e. The lowest BCUT2D eigenvalue weighted by atomic mass is 10.2. The van der Waals surface area contributed by atoms with Crippen molar-refractivity contribution < 1.29 is 9.84 Å². The van der Waals surface area contributed by atoms with Crippen molar-refractivity contribution >= 4 is 0 Å². The van der Waals surface area contributed by atoms with E-state index >= 15 is 0 Å². The van der Waals surface area contributed by atoms with Crippen molar-refractivity contribution in [1.29, 1.82) is 0 Å². The molecule has 1 atom stereocenters. The lowest BCUT2D eigenvalue weighted by Crippen LogP contribution is -2.38. The average Bonchev–Trinajstić information content (AvgIpc) is 1.94. The van der Waals surface area contributed by atoms with Gasteiger partial charge < -0.3 is 9.84 Å². The van der Waals surface area contributed by atoms with Crippen molar-refractivity contribution in [2.45, 2.75) is 59.0 Å². The van der Waals surface area contributed by atoms with Crippen molar-refractivity contribution in [3.8, 4) is 0 Å². The third kappa shape index (κ3) is 9.80. The van der Waals surface area contributed by atoms with Crippen molar-refractivity contribution in [3.05, 3.63) is 0 Å².